The SMILES string of the molecule is C[N+](CCCCC#N)=C1C=CC(=CC=C2C=C(c3ccc(Br)cc3)C=C(c3ccc(Br)cc3)O2)C=C1.Cc1cc(-c2ccc(Br)cc2)cc(-c2ccc(Br)cc2)[o+]1.F[B-](F)(F)F.F[B-](F)(F)F. The van der Waals surface area contributed by atoms with Crippen LogP contribution >= 0.6 is 63.7 Å². The average molecular weight is 1180 g/mol. The highest BCUT2D eigenvalue weighted by Gasteiger charge is 2.21. The molecule has 348 valence electrons. The molecular weight excluding hydrogens is 1140 g/mol. The Balaban J connectivity index is 0.000000264. The molecule has 0 amide bonds. The number of benzene rings is 4. The first-order chi connectivity index (χ1) is 31.6. The zero-order valence-electron chi connectivity index (χ0n) is 35.7. The van der Waals surface area contributed by atoms with Crippen LogP contribution in [0.1, 0.15) is 36.1 Å². The van der Waals surface area contributed by atoms with E-state index in [1.54, 1.807) is 0 Å². The van der Waals surface area contributed by atoms with E-state index >= 15 is 0 Å². The quantitative estimate of drug-likeness (QED) is 0.0486. The van der Waals surface area contributed by atoms with Gasteiger partial charge in [-0.15, -0.1) is 0 Å². The number of allylic oxidation sites excluding steroid dienone is 10. The molecule has 5 aromatic rings. The summed E-state index contributed by atoms with van der Waals surface area (Å²) in [5, 5.41) is 8.70. The van der Waals surface area contributed by atoms with Gasteiger partial charge in [0.1, 0.15) is 25.1 Å². The largest absolute Gasteiger partial charge is 0.673 e. The van der Waals surface area contributed by atoms with Gasteiger partial charge in [-0.3, -0.25) is 0 Å². The number of nitriles is 1. The number of nitrogens with zero attached hydrogens (tertiary/aromatic N) is 2. The molecule has 1 aromatic heterocycles. The molecule has 4 aromatic carbocycles. The van der Waals surface area contributed by atoms with E-state index in [0.29, 0.717) is 6.42 Å². The second-order valence-electron chi connectivity index (χ2n) is 14.4. The van der Waals surface area contributed by atoms with Crippen LogP contribution in [0.3, 0.4) is 0 Å². The molecule has 0 fully saturated rings. The van der Waals surface area contributed by atoms with E-state index in [-0.39, 0.29) is 0 Å². The fourth-order valence-electron chi connectivity index (χ4n) is 6.07. The molecular formula is C49H40B2Br4F8N2O2. The van der Waals surface area contributed by atoms with Crippen LogP contribution in [-0.2, 0) is 4.74 Å². The fourth-order valence-corrected chi connectivity index (χ4v) is 7.13. The van der Waals surface area contributed by atoms with Crippen molar-refractivity contribution >= 4 is 95.3 Å². The molecule has 0 N–H and O–H groups in total. The highest BCUT2D eigenvalue weighted by Crippen LogP contribution is 2.34. The van der Waals surface area contributed by atoms with Crippen LogP contribution in [0.2, 0.25) is 0 Å². The molecule has 0 saturated carbocycles. The summed E-state index contributed by atoms with van der Waals surface area (Å²) >= 11 is 14.0. The molecule has 7 rings (SSSR count). The normalized spacial score (nSPS) is 13.6. The molecule has 4 nitrogen and oxygen atoms in total. The van der Waals surface area contributed by atoms with Crippen molar-refractivity contribution in [3.05, 3.63) is 204 Å². The number of halogens is 12. The third-order valence-corrected chi connectivity index (χ3v) is 11.3. The molecule has 0 saturated heterocycles. The summed E-state index contributed by atoms with van der Waals surface area (Å²) in [6, 6.07) is 39.3. The third kappa shape index (κ3) is 21.2. The third-order valence-electron chi connectivity index (χ3n) is 9.15. The van der Waals surface area contributed by atoms with E-state index in [1.807, 2.05) is 61.5 Å². The summed E-state index contributed by atoms with van der Waals surface area (Å²) in [7, 11) is -9.91. The van der Waals surface area contributed by atoms with Gasteiger partial charge in [-0.05, 0) is 120 Å². The highest BCUT2D eigenvalue weighted by atomic mass is 79.9. The fraction of sp³-hybridized carbons (Fsp3) is 0.122. The topological polar surface area (TPSA) is 47.3 Å². The summed E-state index contributed by atoms with van der Waals surface area (Å²) in [6.45, 7) is 2.92. The summed E-state index contributed by atoms with van der Waals surface area (Å²) < 4.78 is 96.6. The van der Waals surface area contributed by atoms with E-state index < -0.39 is 14.5 Å². The minimum Gasteiger partial charge on any atom is -0.457 e. The first-order valence-electron chi connectivity index (χ1n) is 20.2. The van der Waals surface area contributed by atoms with Gasteiger partial charge in [0.05, 0.1) is 24.6 Å². The first-order valence-corrected chi connectivity index (χ1v) is 23.4. The Morgan fingerprint density at radius 2 is 1.06 bits per heavy atom. The lowest BCUT2D eigenvalue weighted by molar-refractivity contribution is -0.496. The number of unbranched alkanes of at least 4 members (excludes halogenated alkanes) is 2. The van der Waals surface area contributed by atoms with Crippen molar-refractivity contribution in [3.63, 3.8) is 0 Å². The van der Waals surface area contributed by atoms with Gasteiger partial charge >= 0.3 is 26.0 Å². The van der Waals surface area contributed by atoms with E-state index in [0.717, 1.165) is 93.7 Å². The molecule has 0 spiro atoms. The summed E-state index contributed by atoms with van der Waals surface area (Å²) in [5.74, 6) is 3.37. The van der Waals surface area contributed by atoms with Crippen LogP contribution in [0.5, 0.6) is 0 Å². The number of hydrogen-bond donors (Lipinski definition) is 0. The maximum absolute atomic E-state index is 9.75. The van der Waals surface area contributed by atoms with Crippen LogP contribution in [0.15, 0.2) is 191 Å². The molecule has 0 atom stereocenters. The monoisotopic (exact) mass is 1180 g/mol. The molecule has 18 heteroatoms. The van der Waals surface area contributed by atoms with Gasteiger partial charge < -0.3 is 39.3 Å². The van der Waals surface area contributed by atoms with Gasteiger partial charge in [0.25, 0.3) is 0 Å². The minimum absolute atomic E-state index is 0.620. The zero-order valence-corrected chi connectivity index (χ0v) is 42.1. The Morgan fingerprint density at radius 1 is 0.597 bits per heavy atom. The standard InChI is InChI=1S/C31H27Br2N2O.C18H13Br2O.2BF4/c1-35(20-4-2-3-19-34)29-16-5-23(6-17-29)7-18-30-21-26(24-8-12-27(32)13-9-24)22-31(36-30)25-10-14-28(33)15-11-25;1-12-10-15(13-2-6-16(19)7-3-13)11-18(21-12)14-4-8-17(20)9-5-14;2*2-1(3,4)5/h5-18,21-22H,2-4,20H2,1H3;2-11H,1H3;;/q2*+1;2*-1. The van der Waals surface area contributed by atoms with E-state index in [1.165, 1.54) is 11.3 Å². The predicted octanol–water partition coefficient (Wildman–Crippen LogP) is 17.7. The van der Waals surface area contributed by atoms with Crippen molar-refractivity contribution in [2.24, 2.45) is 0 Å². The lowest BCUT2D eigenvalue weighted by Gasteiger charge is -2.18. The Hall–Kier alpha value is -5.08. The Kier molecular flexibility index (Phi) is 21.5. The summed E-state index contributed by atoms with van der Waals surface area (Å²) in [5.41, 5.74) is 8.92. The second-order valence-corrected chi connectivity index (χ2v) is 18.1. The van der Waals surface area contributed by atoms with Gasteiger partial charge in [0.2, 0.25) is 0 Å². The number of rotatable bonds is 9. The lowest BCUT2D eigenvalue weighted by Crippen LogP contribution is -2.16. The molecule has 0 bridgehead atoms. The van der Waals surface area contributed by atoms with Crippen molar-refractivity contribution in [3.8, 4) is 28.5 Å². The zero-order chi connectivity index (χ0) is 49.1. The Bertz CT molecular complexity index is 2600. The van der Waals surface area contributed by atoms with Crippen LogP contribution < -0.4 is 0 Å². The number of ether oxygens (including phenoxy) is 1. The number of hydrogen-bond acceptors (Lipinski definition) is 2. The van der Waals surface area contributed by atoms with Crippen molar-refractivity contribution in [2.75, 3.05) is 13.6 Å². The van der Waals surface area contributed by atoms with Gasteiger partial charge in [-0.2, -0.15) is 5.26 Å². The smallest absolute Gasteiger partial charge is 0.457 e. The van der Waals surface area contributed by atoms with E-state index in [2.05, 4.69) is 185 Å². The van der Waals surface area contributed by atoms with E-state index in [9.17, 15) is 34.5 Å². The highest BCUT2D eigenvalue weighted by molar-refractivity contribution is 9.11. The van der Waals surface area contributed by atoms with Gasteiger partial charge in [0, 0.05) is 60.1 Å². The van der Waals surface area contributed by atoms with Crippen LogP contribution in [0.25, 0.3) is 33.8 Å². The average Bonchev–Trinajstić information content (AvgIpc) is 3.27. The predicted molar refractivity (Wildman–Crippen MR) is 270 cm³/mol. The van der Waals surface area contributed by atoms with E-state index in [4.69, 9.17) is 14.4 Å². The number of aryl methyl sites for hydroxylation is 1. The Labute approximate surface area is 418 Å². The van der Waals surface area contributed by atoms with Crippen LogP contribution in [0.4, 0.5) is 34.5 Å². The molecule has 2 aliphatic rings. The molecule has 1 aliphatic carbocycles. The summed E-state index contributed by atoms with van der Waals surface area (Å²) in [4.78, 5) is 0. The molecule has 1 aliphatic heterocycles. The van der Waals surface area contributed by atoms with Crippen molar-refractivity contribution in [1.82, 2.24) is 0 Å². The van der Waals surface area contributed by atoms with Crippen LogP contribution in [0, 0.1) is 18.3 Å². The van der Waals surface area contributed by atoms with Gasteiger partial charge in [-0.1, -0.05) is 106 Å². The maximum atomic E-state index is 9.75. The van der Waals surface area contributed by atoms with Crippen LogP contribution in [-0.4, -0.2) is 38.4 Å². The molecule has 2 heterocycles. The maximum Gasteiger partial charge on any atom is 0.673 e. The van der Waals surface area contributed by atoms with Crippen molar-refractivity contribution in [1.29, 1.82) is 5.26 Å². The first kappa shape index (κ1) is 54.5. The minimum atomic E-state index is -6.00. The van der Waals surface area contributed by atoms with Gasteiger partial charge in [-0.25, -0.2) is 8.99 Å². The lowest BCUT2D eigenvalue weighted by atomic mass is 10.0. The van der Waals surface area contributed by atoms with Gasteiger partial charge in [0.15, 0.2) is 5.71 Å². The Morgan fingerprint density at radius 3 is 1.55 bits per heavy atom. The summed E-state index contributed by atoms with van der Waals surface area (Å²) in [6.07, 6.45) is 19.3. The van der Waals surface area contributed by atoms with Crippen molar-refractivity contribution in [2.45, 2.75) is 26.2 Å². The second kappa shape index (κ2) is 26.5. The molecule has 0 radical (unpaired) electrons. The molecule has 67 heavy (non-hydrogen) atoms. The van der Waals surface area contributed by atoms with Crippen molar-refractivity contribution < 1.29 is 48.3 Å². The molecule has 0 unspecified atom stereocenters.